The van der Waals surface area contributed by atoms with Gasteiger partial charge in [-0.05, 0) is 104 Å². The maximum atomic E-state index is 11.1. The van der Waals surface area contributed by atoms with Crippen molar-refractivity contribution in [3.63, 3.8) is 0 Å². The van der Waals surface area contributed by atoms with Gasteiger partial charge in [0, 0.05) is 29.7 Å². The van der Waals surface area contributed by atoms with Gasteiger partial charge >= 0.3 is 5.97 Å². The quantitative estimate of drug-likeness (QED) is 0.499. The molecule has 4 bridgehead atoms. The van der Waals surface area contributed by atoms with Crippen molar-refractivity contribution in [3.8, 4) is 17.6 Å². The number of ether oxygens (including phenoxy) is 1. The summed E-state index contributed by atoms with van der Waals surface area (Å²) in [5.74, 6) is 9.02. The Kier molecular flexibility index (Phi) is 5.69. The van der Waals surface area contributed by atoms with Crippen molar-refractivity contribution in [2.24, 2.45) is 17.8 Å². The van der Waals surface area contributed by atoms with E-state index < -0.39 is 5.97 Å². The summed E-state index contributed by atoms with van der Waals surface area (Å²) < 4.78 is 6.16. The summed E-state index contributed by atoms with van der Waals surface area (Å²) in [4.78, 5) is 11.1. The maximum Gasteiger partial charge on any atom is 0.335 e. The van der Waals surface area contributed by atoms with Crippen molar-refractivity contribution in [1.29, 1.82) is 0 Å². The topological polar surface area (TPSA) is 66.8 Å². The maximum absolute atomic E-state index is 11.1. The molecule has 4 nitrogen and oxygen atoms in total. The van der Waals surface area contributed by atoms with Crippen molar-refractivity contribution >= 4 is 5.97 Å². The van der Waals surface area contributed by atoms with E-state index in [2.05, 4.69) is 24.0 Å². The van der Waals surface area contributed by atoms with E-state index in [0.717, 1.165) is 34.6 Å². The molecule has 2 N–H and O–H groups in total. The summed E-state index contributed by atoms with van der Waals surface area (Å²) in [6, 6.07) is 13.0. The molecular formula is C28H30O4. The molecule has 166 valence electrons. The summed E-state index contributed by atoms with van der Waals surface area (Å²) in [5, 5.41) is 18.3. The summed E-state index contributed by atoms with van der Waals surface area (Å²) >= 11 is 0. The highest BCUT2D eigenvalue weighted by Gasteiger charge is 2.52. The second-order valence-corrected chi connectivity index (χ2v) is 9.97. The largest absolute Gasteiger partial charge is 0.493 e. The Balaban J connectivity index is 1.46. The van der Waals surface area contributed by atoms with Crippen LogP contribution >= 0.6 is 0 Å². The number of carboxylic acids is 1. The molecule has 6 rings (SSSR count). The first kappa shape index (κ1) is 21.1. The molecule has 0 saturated heterocycles. The summed E-state index contributed by atoms with van der Waals surface area (Å²) in [6.07, 6.45) is 8.58. The van der Waals surface area contributed by atoms with E-state index >= 15 is 0 Å². The van der Waals surface area contributed by atoms with Gasteiger partial charge in [0.25, 0.3) is 0 Å². The predicted molar refractivity (Wildman–Crippen MR) is 123 cm³/mol. The van der Waals surface area contributed by atoms with E-state index in [9.17, 15) is 9.90 Å². The number of hydrogen-bond donors (Lipinski definition) is 2. The number of aliphatic hydroxyl groups excluding tert-OH is 1. The summed E-state index contributed by atoms with van der Waals surface area (Å²) in [7, 11) is 0. The predicted octanol–water partition coefficient (Wildman–Crippen LogP) is 5.01. The van der Waals surface area contributed by atoms with Crippen LogP contribution in [0.4, 0.5) is 0 Å². The molecule has 0 atom stereocenters. The molecule has 2 aromatic rings. The number of benzene rings is 2. The van der Waals surface area contributed by atoms with Gasteiger partial charge in [0.1, 0.15) is 5.75 Å². The van der Waals surface area contributed by atoms with Crippen LogP contribution in [0, 0.1) is 29.6 Å². The van der Waals surface area contributed by atoms with Crippen LogP contribution in [0.5, 0.6) is 5.75 Å². The Hall–Kier alpha value is -2.77. The van der Waals surface area contributed by atoms with Crippen LogP contribution in [0.25, 0.3) is 0 Å². The van der Waals surface area contributed by atoms with Crippen LogP contribution in [0.2, 0.25) is 0 Å². The third kappa shape index (κ3) is 4.14. The Morgan fingerprint density at radius 1 is 0.938 bits per heavy atom. The third-order valence-electron chi connectivity index (χ3n) is 7.63. The third-order valence-corrected chi connectivity index (χ3v) is 7.63. The van der Waals surface area contributed by atoms with Crippen LogP contribution in [0.15, 0.2) is 42.5 Å². The van der Waals surface area contributed by atoms with Crippen LogP contribution in [-0.4, -0.2) is 29.4 Å². The van der Waals surface area contributed by atoms with E-state index in [-0.39, 0.29) is 17.6 Å². The van der Waals surface area contributed by atoms with Crippen molar-refractivity contribution in [2.75, 3.05) is 13.2 Å². The molecular weight excluding hydrogens is 400 g/mol. The van der Waals surface area contributed by atoms with Crippen LogP contribution in [0.3, 0.4) is 0 Å². The SMILES string of the molecule is O=C(O)c1ccc(C#Cc2ccc(OCCCO)c(C34CC5CC(CC(C5)C3)C4)c2)cc1. The lowest BCUT2D eigenvalue weighted by atomic mass is 9.48. The van der Waals surface area contributed by atoms with E-state index in [4.69, 9.17) is 9.84 Å². The smallest absolute Gasteiger partial charge is 0.335 e. The van der Waals surface area contributed by atoms with Gasteiger partial charge in [0.2, 0.25) is 0 Å². The summed E-state index contributed by atoms with van der Waals surface area (Å²) in [5.41, 5.74) is 3.54. The van der Waals surface area contributed by atoms with Gasteiger partial charge < -0.3 is 14.9 Å². The van der Waals surface area contributed by atoms with Crippen LogP contribution in [-0.2, 0) is 5.41 Å². The molecule has 0 aromatic heterocycles. The molecule has 0 amide bonds. The van der Waals surface area contributed by atoms with Gasteiger partial charge in [0.05, 0.1) is 12.2 Å². The minimum absolute atomic E-state index is 0.136. The average molecular weight is 431 g/mol. The molecule has 0 aliphatic heterocycles. The number of aliphatic hydroxyl groups is 1. The van der Waals surface area contributed by atoms with Crippen molar-refractivity contribution in [2.45, 2.75) is 50.4 Å². The molecule has 2 aromatic carbocycles. The van der Waals surface area contributed by atoms with Crippen molar-refractivity contribution in [3.05, 3.63) is 64.7 Å². The summed E-state index contributed by atoms with van der Waals surface area (Å²) in [6.45, 7) is 0.660. The number of hydrogen-bond acceptors (Lipinski definition) is 3. The molecule has 4 heteroatoms. The van der Waals surface area contributed by atoms with Gasteiger partial charge in [-0.15, -0.1) is 0 Å². The number of aromatic carboxylic acids is 1. The van der Waals surface area contributed by atoms with E-state index in [0.29, 0.717) is 13.0 Å². The monoisotopic (exact) mass is 430 g/mol. The van der Waals surface area contributed by atoms with Crippen LogP contribution < -0.4 is 4.74 Å². The Bertz CT molecular complexity index is 1020. The zero-order valence-electron chi connectivity index (χ0n) is 18.3. The average Bonchev–Trinajstić information content (AvgIpc) is 2.78. The molecule has 0 spiro atoms. The second-order valence-electron chi connectivity index (χ2n) is 9.97. The fraction of sp³-hybridized carbons (Fsp3) is 0.464. The number of carbonyl (C=O) groups is 1. The fourth-order valence-corrected chi connectivity index (χ4v) is 6.68. The highest BCUT2D eigenvalue weighted by molar-refractivity contribution is 5.87. The van der Waals surface area contributed by atoms with Gasteiger partial charge in [-0.3, -0.25) is 0 Å². The number of carboxylic acid groups (broad SMARTS) is 1. The molecule has 4 saturated carbocycles. The van der Waals surface area contributed by atoms with E-state index in [1.165, 1.54) is 44.1 Å². The Morgan fingerprint density at radius 3 is 2.12 bits per heavy atom. The second kappa shape index (κ2) is 8.64. The van der Waals surface area contributed by atoms with Gasteiger partial charge in [-0.1, -0.05) is 11.8 Å². The first-order valence-electron chi connectivity index (χ1n) is 11.8. The molecule has 32 heavy (non-hydrogen) atoms. The standard InChI is InChI=1S/C28H30O4/c29-10-1-11-32-26-9-6-20(3-2-19-4-7-24(8-5-19)27(30)31)15-25(26)28-16-21-12-22(17-28)14-23(13-21)18-28/h4-9,15,21-23,29H,1,10-14,16-18H2,(H,30,31). The van der Waals surface area contributed by atoms with Crippen molar-refractivity contribution in [1.82, 2.24) is 0 Å². The molecule has 0 heterocycles. The lowest BCUT2D eigenvalue weighted by molar-refractivity contribution is -0.00643. The Morgan fingerprint density at radius 2 is 1.53 bits per heavy atom. The normalized spacial score (nSPS) is 27.6. The van der Waals surface area contributed by atoms with Gasteiger partial charge in [0.15, 0.2) is 0 Å². The zero-order valence-corrected chi connectivity index (χ0v) is 18.3. The molecule has 4 aliphatic rings. The molecule has 4 aliphatic carbocycles. The first-order chi connectivity index (χ1) is 15.5. The number of rotatable bonds is 6. The lowest BCUT2D eigenvalue weighted by Crippen LogP contribution is -2.48. The minimum atomic E-state index is -0.929. The van der Waals surface area contributed by atoms with Crippen molar-refractivity contribution < 1.29 is 19.7 Å². The molecule has 0 unspecified atom stereocenters. The molecule has 4 fully saturated rings. The highest BCUT2D eigenvalue weighted by atomic mass is 16.5. The van der Waals surface area contributed by atoms with Gasteiger partial charge in [-0.25, -0.2) is 4.79 Å². The Labute approximate surface area is 189 Å². The van der Waals surface area contributed by atoms with Gasteiger partial charge in [-0.2, -0.15) is 0 Å². The fourth-order valence-electron chi connectivity index (χ4n) is 6.68. The lowest BCUT2D eigenvalue weighted by Gasteiger charge is -2.57. The van der Waals surface area contributed by atoms with E-state index in [1.54, 1.807) is 24.3 Å². The highest BCUT2D eigenvalue weighted by Crippen LogP contribution is 2.61. The minimum Gasteiger partial charge on any atom is -0.493 e. The van der Waals surface area contributed by atoms with E-state index in [1.807, 2.05) is 6.07 Å². The first-order valence-corrected chi connectivity index (χ1v) is 11.8. The zero-order chi connectivity index (χ0) is 22.1. The van der Waals surface area contributed by atoms with Crippen LogP contribution in [0.1, 0.15) is 72.0 Å². The molecule has 0 radical (unpaired) electrons.